The molecule has 0 spiro atoms. The van der Waals surface area contributed by atoms with E-state index in [0.717, 1.165) is 54.2 Å². The number of carbonyl (C=O) groups excluding carboxylic acids is 1. The Bertz CT molecular complexity index is 1070. The molecule has 3 heterocycles. The first-order valence-corrected chi connectivity index (χ1v) is 10.2. The third-order valence-corrected chi connectivity index (χ3v) is 5.57. The molecular weight excluding hydrogens is 410 g/mol. The van der Waals surface area contributed by atoms with Crippen molar-refractivity contribution in [2.45, 2.75) is 25.8 Å². The number of nitrogens with zero attached hydrogens (tertiary/aromatic N) is 4. The van der Waals surface area contributed by atoms with Gasteiger partial charge in [-0.05, 0) is 37.1 Å². The number of carbonyl (C=O) groups is 2. The van der Waals surface area contributed by atoms with Crippen LogP contribution in [0.1, 0.15) is 25.8 Å². The van der Waals surface area contributed by atoms with Crippen LogP contribution in [0.2, 0.25) is 0 Å². The van der Waals surface area contributed by atoms with Crippen LogP contribution in [0.25, 0.3) is 22.5 Å². The van der Waals surface area contributed by atoms with Crippen LogP contribution in [-0.4, -0.2) is 57.1 Å². The van der Waals surface area contributed by atoms with Crippen LogP contribution in [0.15, 0.2) is 49.1 Å². The third-order valence-electron chi connectivity index (χ3n) is 5.57. The van der Waals surface area contributed by atoms with Gasteiger partial charge in [0.15, 0.2) is 0 Å². The SMILES string of the molecule is COc1ccc(-c2nccn2C2CCN(C(C)=O)CC2)cc1-c1cnccc1N.O=CO. The summed E-state index contributed by atoms with van der Waals surface area (Å²) in [4.78, 5) is 30.7. The highest BCUT2D eigenvalue weighted by molar-refractivity contribution is 5.82. The number of ether oxygens (including phenoxy) is 1. The van der Waals surface area contributed by atoms with Crippen molar-refractivity contribution in [1.82, 2.24) is 19.4 Å². The van der Waals surface area contributed by atoms with Gasteiger partial charge >= 0.3 is 0 Å². The first-order chi connectivity index (χ1) is 15.5. The number of nitrogens with two attached hydrogens (primary N) is 1. The second-order valence-electron chi connectivity index (χ2n) is 7.38. The van der Waals surface area contributed by atoms with E-state index in [1.54, 1.807) is 32.5 Å². The summed E-state index contributed by atoms with van der Waals surface area (Å²) in [5.41, 5.74) is 9.54. The van der Waals surface area contributed by atoms with E-state index in [4.69, 9.17) is 20.4 Å². The molecule has 0 unspecified atom stereocenters. The van der Waals surface area contributed by atoms with E-state index >= 15 is 0 Å². The molecule has 0 radical (unpaired) electrons. The van der Waals surface area contributed by atoms with Gasteiger partial charge in [-0.25, -0.2) is 4.98 Å². The van der Waals surface area contributed by atoms with Gasteiger partial charge in [-0.15, -0.1) is 0 Å². The first-order valence-electron chi connectivity index (χ1n) is 10.2. The van der Waals surface area contributed by atoms with Crippen molar-refractivity contribution in [2.75, 3.05) is 25.9 Å². The van der Waals surface area contributed by atoms with Crippen molar-refractivity contribution in [3.8, 4) is 28.3 Å². The van der Waals surface area contributed by atoms with E-state index in [1.807, 2.05) is 29.4 Å². The van der Waals surface area contributed by atoms with Gasteiger partial charge in [0, 0.05) is 73.2 Å². The number of likely N-dealkylation sites (tertiary alicyclic amines) is 1. The van der Waals surface area contributed by atoms with Crippen LogP contribution in [-0.2, 0) is 9.59 Å². The standard InChI is InChI=1S/C22H25N5O2.CH2O2/c1-15(28)26-10-6-17(7-11-26)27-12-9-25-22(27)16-3-4-21(29-2)18(13-16)19-14-24-8-5-20(19)23;2-1-3/h3-5,8-9,12-14,17H,6-7,10-11H2,1-2H3,(H2,23,24);1H,(H,2,3). The molecule has 1 aromatic carbocycles. The van der Waals surface area contributed by atoms with Crippen LogP contribution >= 0.6 is 0 Å². The number of amides is 1. The predicted molar refractivity (Wildman–Crippen MR) is 121 cm³/mol. The average molecular weight is 438 g/mol. The molecule has 9 heteroatoms. The largest absolute Gasteiger partial charge is 0.496 e. The summed E-state index contributed by atoms with van der Waals surface area (Å²) in [6.07, 6.45) is 9.11. The van der Waals surface area contributed by atoms with Crippen LogP contribution in [0.4, 0.5) is 5.69 Å². The molecule has 1 aliphatic rings. The first kappa shape index (κ1) is 22.8. The Morgan fingerprint density at radius 3 is 2.56 bits per heavy atom. The Morgan fingerprint density at radius 1 is 1.22 bits per heavy atom. The topological polar surface area (TPSA) is 124 Å². The van der Waals surface area contributed by atoms with Gasteiger partial charge in [-0.1, -0.05) is 0 Å². The minimum Gasteiger partial charge on any atom is -0.496 e. The number of carboxylic acid groups (broad SMARTS) is 1. The Balaban J connectivity index is 0.000000913. The van der Waals surface area contributed by atoms with Gasteiger partial charge in [-0.3, -0.25) is 14.6 Å². The van der Waals surface area contributed by atoms with Gasteiger partial charge in [0.25, 0.3) is 6.47 Å². The molecule has 9 nitrogen and oxygen atoms in total. The number of piperidine rings is 1. The summed E-state index contributed by atoms with van der Waals surface area (Å²) in [5.74, 6) is 1.78. The van der Waals surface area contributed by atoms with E-state index in [0.29, 0.717) is 11.7 Å². The van der Waals surface area contributed by atoms with Gasteiger partial charge in [0.1, 0.15) is 11.6 Å². The number of anilines is 1. The second-order valence-corrected chi connectivity index (χ2v) is 7.38. The van der Waals surface area contributed by atoms with E-state index in [1.165, 1.54) is 0 Å². The summed E-state index contributed by atoms with van der Waals surface area (Å²) >= 11 is 0. The van der Waals surface area contributed by atoms with Crippen molar-refractivity contribution < 1.29 is 19.4 Å². The minimum absolute atomic E-state index is 0.142. The number of aromatic nitrogens is 3. The van der Waals surface area contributed by atoms with Gasteiger partial charge in [0.05, 0.1) is 7.11 Å². The van der Waals surface area contributed by atoms with Crippen molar-refractivity contribution in [2.24, 2.45) is 0 Å². The zero-order chi connectivity index (χ0) is 23.1. The number of pyridine rings is 1. The molecule has 3 N–H and O–H groups in total. The lowest BCUT2D eigenvalue weighted by atomic mass is 10.0. The summed E-state index contributed by atoms with van der Waals surface area (Å²) < 4.78 is 7.78. The summed E-state index contributed by atoms with van der Waals surface area (Å²) in [7, 11) is 1.65. The molecular formula is C23H27N5O4. The number of rotatable bonds is 4. The number of imidazole rings is 1. The molecule has 0 saturated carbocycles. The lowest BCUT2D eigenvalue weighted by Crippen LogP contribution is -2.37. The molecule has 0 atom stereocenters. The molecule has 1 saturated heterocycles. The third kappa shape index (κ3) is 4.88. The molecule has 1 aliphatic heterocycles. The Labute approximate surface area is 186 Å². The summed E-state index contributed by atoms with van der Waals surface area (Å²) in [5, 5.41) is 6.89. The van der Waals surface area contributed by atoms with Crippen LogP contribution in [0.5, 0.6) is 5.75 Å². The number of nitrogen functional groups attached to an aromatic ring is 1. The van der Waals surface area contributed by atoms with Gasteiger partial charge < -0.3 is 25.0 Å². The predicted octanol–water partition coefficient (Wildman–Crippen LogP) is 3.09. The second kappa shape index (κ2) is 10.4. The zero-order valence-corrected chi connectivity index (χ0v) is 18.1. The molecule has 3 aromatic rings. The summed E-state index contributed by atoms with van der Waals surface area (Å²) in [6.45, 7) is 2.93. The van der Waals surface area contributed by atoms with E-state index in [9.17, 15) is 4.79 Å². The quantitative estimate of drug-likeness (QED) is 0.601. The summed E-state index contributed by atoms with van der Waals surface area (Å²) in [6, 6.07) is 8.10. The highest BCUT2D eigenvalue weighted by Gasteiger charge is 2.24. The van der Waals surface area contributed by atoms with E-state index in [-0.39, 0.29) is 12.4 Å². The Morgan fingerprint density at radius 2 is 1.94 bits per heavy atom. The van der Waals surface area contributed by atoms with Crippen molar-refractivity contribution >= 4 is 18.1 Å². The van der Waals surface area contributed by atoms with Crippen LogP contribution in [0, 0.1) is 0 Å². The van der Waals surface area contributed by atoms with E-state index in [2.05, 4.69) is 20.6 Å². The maximum Gasteiger partial charge on any atom is 0.290 e. The number of methoxy groups -OCH3 is 1. The van der Waals surface area contributed by atoms with Gasteiger partial charge in [0.2, 0.25) is 5.91 Å². The van der Waals surface area contributed by atoms with Gasteiger partial charge in [-0.2, -0.15) is 0 Å². The maximum absolute atomic E-state index is 11.6. The molecule has 1 amide bonds. The highest BCUT2D eigenvalue weighted by atomic mass is 16.5. The fourth-order valence-electron chi connectivity index (χ4n) is 3.98. The maximum atomic E-state index is 11.6. The monoisotopic (exact) mass is 437 g/mol. The van der Waals surface area contributed by atoms with E-state index < -0.39 is 0 Å². The van der Waals surface area contributed by atoms with Crippen LogP contribution in [0.3, 0.4) is 0 Å². The van der Waals surface area contributed by atoms with Crippen molar-refractivity contribution in [3.05, 3.63) is 49.1 Å². The Kier molecular flexibility index (Phi) is 7.43. The molecule has 1 fully saturated rings. The fraction of sp³-hybridized carbons (Fsp3) is 0.304. The van der Waals surface area contributed by atoms with Crippen molar-refractivity contribution in [1.29, 1.82) is 0 Å². The lowest BCUT2D eigenvalue weighted by molar-refractivity contribution is -0.130. The number of hydrogen-bond acceptors (Lipinski definition) is 6. The lowest BCUT2D eigenvalue weighted by Gasteiger charge is -2.32. The molecule has 0 bridgehead atoms. The van der Waals surface area contributed by atoms with Crippen LogP contribution < -0.4 is 10.5 Å². The average Bonchev–Trinajstić information content (AvgIpc) is 3.29. The highest BCUT2D eigenvalue weighted by Crippen LogP contribution is 2.37. The smallest absolute Gasteiger partial charge is 0.290 e. The van der Waals surface area contributed by atoms with Crippen molar-refractivity contribution in [3.63, 3.8) is 0 Å². The molecule has 168 valence electrons. The zero-order valence-electron chi connectivity index (χ0n) is 18.1. The molecule has 32 heavy (non-hydrogen) atoms. The number of benzene rings is 1. The minimum atomic E-state index is -0.250. The normalized spacial score (nSPS) is 13.8. The molecule has 2 aromatic heterocycles. The number of hydrogen-bond donors (Lipinski definition) is 2. The Hall–Kier alpha value is -3.88. The molecule has 0 aliphatic carbocycles. The molecule has 4 rings (SSSR count). The fourth-order valence-corrected chi connectivity index (χ4v) is 3.98.